The van der Waals surface area contributed by atoms with Crippen LogP contribution < -0.4 is 0 Å². The first kappa shape index (κ1) is 45.9. The zero-order valence-electron chi connectivity index (χ0n) is 36.6. The average molecular weight is 847 g/mol. The lowest BCUT2D eigenvalue weighted by molar-refractivity contribution is -0.142. The monoisotopic (exact) mass is 846 g/mol. The molecular weight excluding hydrogens is 789 g/mol. The number of fused-ring (bicyclic) bond motifs is 6. The molecule has 0 spiro atoms. The van der Waals surface area contributed by atoms with Gasteiger partial charge in [-0.3, -0.25) is 19.2 Å². The number of esters is 3. The van der Waals surface area contributed by atoms with E-state index in [1.165, 1.54) is 43.6 Å². The predicted octanol–water partition coefficient (Wildman–Crippen LogP) is 7.25. The minimum atomic E-state index is -0.815. The number of benzene rings is 4. The fourth-order valence-electron chi connectivity index (χ4n) is 9.20. The van der Waals surface area contributed by atoms with Crippen LogP contribution in [0.25, 0.3) is 6.08 Å². The van der Waals surface area contributed by atoms with Gasteiger partial charge in [0.1, 0.15) is 6.10 Å². The van der Waals surface area contributed by atoms with Crippen molar-refractivity contribution in [1.82, 2.24) is 0 Å². The molecule has 9 rings (SSSR count). The SMILES string of the molecule is CC(C(=O)O)c1cccc2c1CC(O)C2.COC(=O)C(C)c1cccc2c1CC(O)C2.COC(=O)C(C)c1cccc2c1CC1OC21.COC(=O)C(C)c1cccc2c1CC=C2. The number of carboxylic acid groups (broad SMARTS) is 1. The minimum Gasteiger partial charge on any atom is -0.481 e. The van der Waals surface area contributed by atoms with Crippen molar-refractivity contribution in [3.8, 4) is 0 Å². The Kier molecular flexibility index (Phi) is 14.8. The van der Waals surface area contributed by atoms with Gasteiger partial charge in [0.2, 0.25) is 0 Å². The number of ether oxygens (including phenoxy) is 4. The molecule has 1 fully saturated rings. The Labute approximate surface area is 363 Å². The normalized spacial score (nSPS) is 20.9. The molecule has 1 heterocycles. The van der Waals surface area contributed by atoms with E-state index in [1.54, 1.807) is 6.92 Å². The average Bonchev–Trinajstić information content (AvgIpc) is 3.66. The first-order valence-corrected chi connectivity index (χ1v) is 21.3. The Morgan fingerprint density at radius 3 is 1.48 bits per heavy atom. The number of carboxylic acids is 1. The Balaban J connectivity index is 0.000000138. The summed E-state index contributed by atoms with van der Waals surface area (Å²) < 4.78 is 19.8. The molecule has 0 bridgehead atoms. The molecule has 0 radical (unpaired) electrons. The summed E-state index contributed by atoms with van der Waals surface area (Å²) in [4.78, 5) is 45.4. The van der Waals surface area contributed by atoms with Crippen LogP contribution in [0.2, 0.25) is 0 Å². The van der Waals surface area contributed by atoms with Crippen molar-refractivity contribution in [2.75, 3.05) is 21.3 Å². The van der Waals surface area contributed by atoms with Gasteiger partial charge in [-0.15, -0.1) is 0 Å². The standard InChI is InChI=1S/C13H14O3.C13H16O3.C13H14O2.C12H14O3/c1-7(13(14)15-2)8-4-3-5-9-10(8)6-11-12(9)16-11;1-8(13(15)16-2)11-5-3-4-9-6-10(14)7-12(9)11;1-9(13(14)15-2)11-7-3-5-10-6-4-8-12(10)11;1-7(12(14)15)10-4-2-3-8-5-9(13)6-11(8)10/h3-5,7,11-12H,6H2,1-2H3;3-5,8,10,14H,6-7H2,1-2H3;3-7,9H,8H2,1-2H3;2-4,7,9,13H,5-6H2,1H3,(H,14,15). The van der Waals surface area contributed by atoms with Gasteiger partial charge in [0.15, 0.2) is 0 Å². The number of hydrogen-bond donors (Lipinski definition) is 3. The largest absolute Gasteiger partial charge is 0.481 e. The highest BCUT2D eigenvalue weighted by Crippen LogP contribution is 2.50. The van der Waals surface area contributed by atoms with Crippen molar-refractivity contribution in [3.63, 3.8) is 0 Å². The first-order chi connectivity index (χ1) is 29.7. The number of epoxide rings is 1. The zero-order chi connectivity index (χ0) is 44.8. The van der Waals surface area contributed by atoms with Gasteiger partial charge in [-0.25, -0.2) is 0 Å². The zero-order valence-corrected chi connectivity index (χ0v) is 36.6. The molecule has 4 aliphatic carbocycles. The molecule has 0 aromatic heterocycles. The molecular formula is C51H58O11. The van der Waals surface area contributed by atoms with Gasteiger partial charge in [0.25, 0.3) is 0 Å². The second-order valence-electron chi connectivity index (χ2n) is 16.6. The second-order valence-corrected chi connectivity index (χ2v) is 16.6. The molecule has 4 aromatic rings. The summed E-state index contributed by atoms with van der Waals surface area (Å²) in [6.07, 6.45) is 8.66. The Morgan fingerprint density at radius 1 is 0.565 bits per heavy atom. The lowest BCUT2D eigenvalue weighted by Gasteiger charge is -2.15. The van der Waals surface area contributed by atoms with Gasteiger partial charge in [-0.1, -0.05) is 84.9 Å². The number of aliphatic hydroxyl groups excluding tert-OH is 2. The Hall–Kier alpha value is -5.62. The van der Waals surface area contributed by atoms with Gasteiger partial charge in [0.05, 0.1) is 63.3 Å². The Bertz CT molecular complexity index is 2330. The highest BCUT2D eigenvalue weighted by molar-refractivity contribution is 5.80. The highest BCUT2D eigenvalue weighted by Gasteiger charge is 2.48. The third-order valence-electron chi connectivity index (χ3n) is 12.7. The molecule has 62 heavy (non-hydrogen) atoms. The number of carbonyl (C=O) groups excluding carboxylic acids is 3. The number of carbonyl (C=O) groups is 4. The molecule has 3 N–H and O–H groups in total. The highest BCUT2D eigenvalue weighted by atomic mass is 16.6. The first-order valence-electron chi connectivity index (χ1n) is 21.3. The molecule has 11 heteroatoms. The Morgan fingerprint density at radius 2 is 1.00 bits per heavy atom. The molecule has 5 aliphatic rings. The summed E-state index contributed by atoms with van der Waals surface area (Å²) >= 11 is 0. The van der Waals surface area contributed by atoms with Crippen molar-refractivity contribution in [2.24, 2.45) is 0 Å². The summed E-state index contributed by atoms with van der Waals surface area (Å²) in [6.45, 7) is 7.31. The summed E-state index contributed by atoms with van der Waals surface area (Å²) in [6, 6.07) is 23.8. The predicted molar refractivity (Wildman–Crippen MR) is 234 cm³/mol. The fraction of sp³-hybridized carbons (Fsp3) is 0.412. The van der Waals surface area contributed by atoms with Crippen LogP contribution in [0.15, 0.2) is 78.9 Å². The smallest absolute Gasteiger partial charge is 0.312 e. The maximum atomic E-state index is 11.6. The molecule has 0 amide bonds. The summed E-state index contributed by atoms with van der Waals surface area (Å²) in [5.41, 5.74) is 13.4. The summed E-state index contributed by atoms with van der Waals surface area (Å²) in [5.74, 6) is -2.50. The summed E-state index contributed by atoms with van der Waals surface area (Å²) in [5, 5.41) is 28.2. The van der Waals surface area contributed by atoms with Crippen LogP contribution in [-0.4, -0.2) is 78.8 Å². The van der Waals surface area contributed by atoms with Gasteiger partial charge < -0.3 is 34.3 Å². The van der Waals surface area contributed by atoms with Crippen molar-refractivity contribution in [3.05, 3.63) is 146 Å². The molecule has 1 aliphatic heterocycles. The molecule has 1 saturated heterocycles. The quantitative estimate of drug-likeness (QED) is 0.0928. The van der Waals surface area contributed by atoms with E-state index in [1.807, 2.05) is 81.4 Å². The van der Waals surface area contributed by atoms with E-state index in [2.05, 4.69) is 24.3 Å². The van der Waals surface area contributed by atoms with Crippen LogP contribution in [0.3, 0.4) is 0 Å². The van der Waals surface area contributed by atoms with E-state index in [0.717, 1.165) is 57.3 Å². The molecule has 328 valence electrons. The van der Waals surface area contributed by atoms with Crippen molar-refractivity contribution in [2.45, 2.75) is 114 Å². The van der Waals surface area contributed by atoms with Crippen LogP contribution in [0, 0.1) is 0 Å². The third kappa shape index (κ3) is 10.0. The van der Waals surface area contributed by atoms with E-state index >= 15 is 0 Å². The topological polar surface area (TPSA) is 169 Å². The molecule has 8 atom stereocenters. The van der Waals surface area contributed by atoms with Crippen LogP contribution in [0.4, 0.5) is 0 Å². The van der Waals surface area contributed by atoms with E-state index in [9.17, 15) is 29.4 Å². The van der Waals surface area contributed by atoms with Gasteiger partial charge in [-0.05, 0) is 127 Å². The van der Waals surface area contributed by atoms with E-state index < -0.39 is 11.9 Å². The summed E-state index contributed by atoms with van der Waals surface area (Å²) in [7, 11) is 4.26. The maximum Gasteiger partial charge on any atom is 0.312 e. The van der Waals surface area contributed by atoms with Crippen LogP contribution in [0.1, 0.15) is 124 Å². The number of allylic oxidation sites excluding steroid dienone is 1. The maximum absolute atomic E-state index is 11.6. The number of rotatable bonds is 8. The molecule has 0 saturated carbocycles. The number of methoxy groups -OCH3 is 3. The van der Waals surface area contributed by atoms with E-state index in [0.29, 0.717) is 37.9 Å². The van der Waals surface area contributed by atoms with Gasteiger partial charge in [-0.2, -0.15) is 0 Å². The van der Waals surface area contributed by atoms with Gasteiger partial charge in [0, 0.05) is 6.42 Å². The fourth-order valence-corrected chi connectivity index (χ4v) is 9.20. The van der Waals surface area contributed by atoms with Crippen LogP contribution >= 0.6 is 0 Å². The van der Waals surface area contributed by atoms with Crippen molar-refractivity contribution < 1.29 is 53.4 Å². The number of hydrogen-bond acceptors (Lipinski definition) is 10. The second kappa shape index (κ2) is 20.0. The number of aliphatic hydroxyl groups is 2. The number of aliphatic carboxylic acids is 1. The molecule has 8 unspecified atom stereocenters. The van der Waals surface area contributed by atoms with Crippen LogP contribution in [-0.2, 0) is 76.7 Å². The lowest BCUT2D eigenvalue weighted by atomic mass is 9.93. The van der Waals surface area contributed by atoms with E-state index in [4.69, 9.17) is 24.1 Å². The van der Waals surface area contributed by atoms with Gasteiger partial charge >= 0.3 is 23.9 Å². The third-order valence-corrected chi connectivity index (χ3v) is 12.7. The molecule has 4 aromatic carbocycles. The van der Waals surface area contributed by atoms with E-state index in [-0.39, 0.29) is 47.9 Å². The van der Waals surface area contributed by atoms with Crippen molar-refractivity contribution in [1.29, 1.82) is 0 Å². The minimum absolute atomic E-state index is 0.171. The lowest BCUT2D eigenvalue weighted by Crippen LogP contribution is -2.13. The van der Waals surface area contributed by atoms with Crippen LogP contribution in [0.5, 0.6) is 0 Å². The molecule has 11 nitrogen and oxygen atoms in total. The van der Waals surface area contributed by atoms with Crippen molar-refractivity contribution >= 4 is 30.0 Å².